The molecule has 0 unspecified atom stereocenters. The quantitative estimate of drug-likeness (QED) is 0.922. The standard InChI is InChI=1S/C17H16ClNO3S/c1-23(21,22)12-8-6-11(7-9-12)17(20)19-16-10-14(16)13-4-2-3-5-15(13)18/h2-9,14,16H,10H2,1H3,(H,19,20)/t14-,16+/m0/s1. The van der Waals surface area contributed by atoms with Crippen molar-refractivity contribution < 1.29 is 13.2 Å². The lowest BCUT2D eigenvalue weighted by Gasteiger charge is -2.07. The molecule has 0 radical (unpaired) electrons. The predicted octanol–water partition coefficient (Wildman–Crippen LogP) is 3.03. The monoisotopic (exact) mass is 349 g/mol. The third-order valence-corrected chi connectivity index (χ3v) is 5.43. The van der Waals surface area contributed by atoms with Crippen LogP contribution >= 0.6 is 11.6 Å². The Bertz CT molecular complexity index is 846. The molecule has 3 rings (SSSR count). The summed E-state index contributed by atoms with van der Waals surface area (Å²) < 4.78 is 22.8. The summed E-state index contributed by atoms with van der Waals surface area (Å²) in [6, 6.07) is 13.6. The molecule has 6 heteroatoms. The molecule has 0 heterocycles. The highest BCUT2D eigenvalue weighted by molar-refractivity contribution is 7.90. The number of amides is 1. The summed E-state index contributed by atoms with van der Waals surface area (Å²) in [6.45, 7) is 0. The lowest BCUT2D eigenvalue weighted by Crippen LogP contribution is -2.26. The number of sulfone groups is 1. The number of nitrogens with one attached hydrogen (secondary N) is 1. The number of hydrogen-bond donors (Lipinski definition) is 1. The van der Waals surface area contributed by atoms with E-state index in [9.17, 15) is 13.2 Å². The zero-order valence-electron chi connectivity index (χ0n) is 12.5. The van der Waals surface area contributed by atoms with Gasteiger partial charge in [-0.05, 0) is 42.3 Å². The van der Waals surface area contributed by atoms with Crippen molar-refractivity contribution in [1.82, 2.24) is 5.32 Å². The van der Waals surface area contributed by atoms with Crippen molar-refractivity contribution in [3.63, 3.8) is 0 Å². The topological polar surface area (TPSA) is 63.2 Å². The van der Waals surface area contributed by atoms with Crippen LogP contribution in [0.4, 0.5) is 0 Å². The molecule has 1 saturated carbocycles. The highest BCUT2D eigenvalue weighted by Crippen LogP contribution is 2.43. The molecule has 1 amide bonds. The van der Waals surface area contributed by atoms with Crippen molar-refractivity contribution in [2.24, 2.45) is 0 Å². The first-order valence-corrected chi connectivity index (χ1v) is 9.48. The first kappa shape index (κ1) is 16.0. The van der Waals surface area contributed by atoms with Gasteiger partial charge in [-0.1, -0.05) is 29.8 Å². The van der Waals surface area contributed by atoms with E-state index in [1.165, 1.54) is 24.3 Å². The molecule has 120 valence electrons. The molecule has 0 aliphatic heterocycles. The molecule has 0 aromatic heterocycles. The summed E-state index contributed by atoms with van der Waals surface area (Å²) in [5.41, 5.74) is 1.49. The van der Waals surface area contributed by atoms with Gasteiger partial charge >= 0.3 is 0 Å². The Hall–Kier alpha value is -1.85. The Morgan fingerprint density at radius 2 is 1.78 bits per heavy atom. The van der Waals surface area contributed by atoms with E-state index in [2.05, 4.69) is 5.32 Å². The smallest absolute Gasteiger partial charge is 0.251 e. The Labute approximate surface area is 140 Å². The fourth-order valence-electron chi connectivity index (χ4n) is 2.58. The summed E-state index contributed by atoms with van der Waals surface area (Å²) in [5.74, 6) is 0.0348. The number of hydrogen-bond acceptors (Lipinski definition) is 3. The molecule has 23 heavy (non-hydrogen) atoms. The second-order valence-corrected chi connectivity index (χ2v) is 8.16. The van der Waals surface area contributed by atoms with E-state index in [4.69, 9.17) is 11.6 Å². The van der Waals surface area contributed by atoms with E-state index in [0.717, 1.165) is 18.2 Å². The van der Waals surface area contributed by atoms with E-state index in [0.29, 0.717) is 10.6 Å². The number of rotatable bonds is 4. The SMILES string of the molecule is CS(=O)(=O)c1ccc(C(=O)N[C@@H]2C[C@H]2c2ccccc2Cl)cc1. The van der Waals surface area contributed by atoms with Gasteiger partial charge in [0.2, 0.25) is 0 Å². The predicted molar refractivity (Wildman–Crippen MR) is 89.6 cm³/mol. The molecule has 2 aromatic rings. The lowest BCUT2D eigenvalue weighted by atomic mass is 10.1. The molecule has 0 spiro atoms. The van der Waals surface area contributed by atoms with Crippen LogP contribution in [-0.2, 0) is 9.84 Å². The Balaban J connectivity index is 1.66. The van der Waals surface area contributed by atoms with E-state index in [-0.39, 0.29) is 22.8 Å². The van der Waals surface area contributed by atoms with Gasteiger partial charge in [0.05, 0.1) is 4.90 Å². The Kier molecular flexibility index (Phi) is 4.17. The van der Waals surface area contributed by atoms with Crippen molar-refractivity contribution in [3.8, 4) is 0 Å². The van der Waals surface area contributed by atoms with Gasteiger partial charge in [0.15, 0.2) is 9.84 Å². The second kappa shape index (κ2) is 5.98. The van der Waals surface area contributed by atoms with Gasteiger partial charge < -0.3 is 5.32 Å². The van der Waals surface area contributed by atoms with Crippen molar-refractivity contribution >= 4 is 27.3 Å². The summed E-state index contributed by atoms with van der Waals surface area (Å²) in [6.07, 6.45) is 2.00. The molecule has 2 aromatic carbocycles. The molecule has 1 aliphatic carbocycles. The van der Waals surface area contributed by atoms with Crippen LogP contribution in [0.25, 0.3) is 0 Å². The first-order valence-electron chi connectivity index (χ1n) is 7.21. The minimum absolute atomic E-state index is 0.0667. The summed E-state index contributed by atoms with van der Waals surface area (Å²) in [4.78, 5) is 12.4. The van der Waals surface area contributed by atoms with Crippen molar-refractivity contribution in [3.05, 3.63) is 64.7 Å². The fourth-order valence-corrected chi connectivity index (χ4v) is 3.49. The maximum absolute atomic E-state index is 12.2. The maximum Gasteiger partial charge on any atom is 0.251 e. The van der Waals surface area contributed by atoms with Crippen LogP contribution in [0.1, 0.15) is 28.3 Å². The van der Waals surface area contributed by atoms with Gasteiger partial charge in [-0.3, -0.25) is 4.79 Å². The molecule has 1 N–H and O–H groups in total. The highest BCUT2D eigenvalue weighted by Gasteiger charge is 2.40. The molecule has 1 aliphatic rings. The van der Waals surface area contributed by atoms with Gasteiger partial charge in [-0.25, -0.2) is 8.42 Å². The van der Waals surface area contributed by atoms with Crippen LogP contribution in [0.5, 0.6) is 0 Å². The van der Waals surface area contributed by atoms with Crippen LogP contribution in [0.3, 0.4) is 0 Å². The number of benzene rings is 2. The van der Waals surface area contributed by atoms with Gasteiger partial charge in [-0.15, -0.1) is 0 Å². The molecular formula is C17H16ClNO3S. The maximum atomic E-state index is 12.2. The van der Waals surface area contributed by atoms with Crippen LogP contribution in [0.15, 0.2) is 53.4 Å². The normalized spacial score (nSPS) is 20.1. The number of carbonyl (C=O) groups is 1. The molecule has 1 fully saturated rings. The van der Waals surface area contributed by atoms with Gasteiger partial charge in [-0.2, -0.15) is 0 Å². The molecular weight excluding hydrogens is 334 g/mol. The Morgan fingerprint density at radius 1 is 1.13 bits per heavy atom. The largest absolute Gasteiger partial charge is 0.349 e. The zero-order valence-corrected chi connectivity index (χ0v) is 14.1. The van der Waals surface area contributed by atoms with Gasteiger partial charge in [0.1, 0.15) is 0 Å². The van der Waals surface area contributed by atoms with Crippen LogP contribution in [-0.4, -0.2) is 26.6 Å². The van der Waals surface area contributed by atoms with E-state index in [1.54, 1.807) is 0 Å². The van der Waals surface area contributed by atoms with Crippen LogP contribution < -0.4 is 5.32 Å². The first-order chi connectivity index (χ1) is 10.9. The summed E-state index contributed by atoms with van der Waals surface area (Å²) in [5, 5.41) is 3.67. The van der Waals surface area contributed by atoms with Crippen LogP contribution in [0.2, 0.25) is 5.02 Å². The van der Waals surface area contributed by atoms with Crippen molar-refractivity contribution in [2.45, 2.75) is 23.3 Å². The lowest BCUT2D eigenvalue weighted by molar-refractivity contribution is 0.0950. The van der Waals surface area contributed by atoms with E-state index in [1.807, 2.05) is 24.3 Å². The second-order valence-electron chi connectivity index (χ2n) is 5.74. The summed E-state index contributed by atoms with van der Waals surface area (Å²) >= 11 is 6.17. The average molecular weight is 350 g/mol. The minimum atomic E-state index is -3.25. The fraction of sp³-hybridized carbons (Fsp3) is 0.235. The van der Waals surface area contributed by atoms with Gasteiger partial charge in [0, 0.05) is 28.8 Å². The minimum Gasteiger partial charge on any atom is -0.349 e. The molecule has 0 saturated heterocycles. The zero-order chi connectivity index (χ0) is 16.6. The number of halogens is 1. The highest BCUT2D eigenvalue weighted by atomic mass is 35.5. The van der Waals surface area contributed by atoms with Crippen molar-refractivity contribution in [1.29, 1.82) is 0 Å². The van der Waals surface area contributed by atoms with Crippen molar-refractivity contribution in [2.75, 3.05) is 6.26 Å². The van der Waals surface area contributed by atoms with E-state index < -0.39 is 9.84 Å². The molecule has 0 bridgehead atoms. The third kappa shape index (κ3) is 3.57. The van der Waals surface area contributed by atoms with Gasteiger partial charge in [0.25, 0.3) is 5.91 Å². The third-order valence-electron chi connectivity index (χ3n) is 3.96. The Morgan fingerprint density at radius 3 is 2.39 bits per heavy atom. The van der Waals surface area contributed by atoms with Crippen LogP contribution in [0, 0.1) is 0 Å². The molecule has 2 atom stereocenters. The summed E-state index contributed by atoms with van der Waals surface area (Å²) in [7, 11) is -3.25. The average Bonchev–Trinajstić information content (AvgIpc) is 3.26. The molecule has 4 nitrogen and oxygen atoms in total. The number of carbonyl (C=O) groups excluding carboxylic acids is 1. The van der Waals surface area contributed by atoms with E-state index >= 15 is 0 Å².